The lowest BCUT2D eigenvalue weighted by atomic mass is 10.3. The predicted molar refractivity (Wildman–Crippen MR) is 71.6 cm³/mol. The summed E-state index contributed by atoms with van der Waals surface area (Å²) in [6.45, 7) is 5.60. The van der Waals surface area contributed by atoms with Crippen LogP contribution >= 0.6 is 0 Å². The molecule has 0 bridgehead atoms. The van der Waals surface area contributed by atoms with E-state index in [1.54, 1.807) is 6.20 Å². The van der Waals surface area contributed by atoms with Gasteiger partial charge in [0.2, 0.25) is 0 Å². The van der Waals surface area contributed by atoms with Crippen LogP contribution in [0.3, 0.4) is 0 Å². The van der Waals surface area contributed by atoms with Crippen molar-refractivity contribution in [1.29, 1.82) is 0 Å². The average Bonchev–Trinajstić information content (AvgIpc) is 2.80. The molecule has 2 N–H and O–H groups in total. The predicted octanol–water partition coefficient (Wildman–Crippen LogP) is 2.81. The Morgan fingerprint density at radius 2 is 1.94 bits per heavy atom. The van der Waals surface area contributed by atoms with Gasteiger partial charge in [0.15, 0.2) is 5.76 Å². The van der Waals surface area contributed by atoms with E-state index in [9.17, 15) is 0 Å². The van der Waals surface area contributed by atoms with Crippen LogP contribution in [0.5, 0.6) is 0 Å². The summed E-state index contributed by atoms with van der Waals surface area (Å²) in [5, 5.41) is 10.4. The molecule has 2 aromatic heterocycles. The zero-order valence-corrected chi connectivity index (χ0v) is 10.7. The van der Waals surface area contributed by atoms with Crippen molar-refractivity contribution in [3.8, 4) is 0 Å². The van der Waals surface area contributed by atoms with Crippen molar-refractivity contribution >= 4 is 11.4 Å². The van der Waals surface area contributed by atoms with E-state index in [-0.39, 0.29) is 0 Å². The fourth-order valence-electron chi connectivity index (χ4n) is 1.59. The topological polar surface area (TPSA) is 63.0 Å². The van der Waals surface area contributed by atoms with Crippen LogP contribution in [0.1, 0.15) is 24.8 Å². The van der Waals surface area contributed by atoms with Gasteiger partial charge in [0, 0.05) is 12.6 Å². The molecule has 0 amide bonds. The van der Waals surface area contributed by atoms with Gasteiger partial charge in [0.05, 0.1) is 36.0 Å². The van der Waals surface area contributed by atoms with Crippen LogP contribution in [0.4, 0.5) is 11.4 Å². The van der Waals surface area contributed by atoms with E-state index in [2.05, 4.69) is 27.7 Å². The van der Waals surface area contributed by atoms with Crippen molar-refractivity contribution < 1.29 is 4.52 Å². The summed E-state index contributed by atoms with van der Waals surface area (Å²) >= 11 is 0. The summed E-state index contributed by atoms with van der Waals surface area (Å²) in [6, 6.07) is 3.95. The van der Waals surface area contributed by atoms with E-state index < -0.39 is 0 Å². The van der Waals surface area contributed by atoms with Crippen LogP contribution in [-0.2, 0) is 6.54 Å². The van der Waals surface area contributed by atoms with Crippen molar-refractivity contribution in [3.05, 3.63) is 36.0 Å². The second-order valence-corrected chi connectivity index (χ2v) is 4.18. The molecule has 2 heterocycles. The summed E-state index contributed by atoms with van der Waals surface area (Å²) < 4.78 is 5.13. The van der Waals surface area contributed by atoms with Gasteiger partial charge in [0.1, 0.15) is 0 Å². The van der Waals surface area contributed by atoms with Crippen LogP contribution in [0.15, 0.2) is 29.0 Å². The molecule has 96 valence electrons. The molecule has 0 atom stereocenters. The molecule has 2 rings (SSSR count). The molecule has 5 nitrogen and oxygen atoms in total. The molecule has 0 spiro atoms. The summed E-state index contributed by atoms with van der Waals surface area (Å²) in [5.41, 5.74) is 2.88. The van der Waals surface area contributed by atoms with Gasteiger partial charge in [-0.1, -0.05) is 12.1 Å². The molecule has 0 radical (unpaired) electrons. The number of nitrogens with zero attached hydrogens (tertiary/aromatic N) is 2. The molecule has 2 aromatic rings. The van der Waals surface area contributed by atoms with Gasteiger partial charge >= 0.3 is 0 Å². The van der Waals surface area contributed by atoms with Gasteiger partial charge < -0.3 is 15.2 Å². The summed E-state index contributed by atoms with van der Waals surface area (Å²) in [7, 11) is 0. The lowest BCUT2D eigenvalue weighted by Crippen LogP contribution is -2.02. The maximum Gasteiger partial charge on any atom is 0.156 e. The Bertz CT molecular complexity index is 495. The molecule has 0 fully saturated rings. The molecule has 0 aliphatic heterocycles. The molecule has 0 aliphatic rings. The monoisotopic (exact) mass is 246 g/mol. The maximum absolute atomic E-state index is 5.13. The third-order valence-corrected chi connectivity index (χ3v) is 2.46. The quantitative estimate of drug-likeness (QED) is 0.820. The van der Waals surface area contributed by atoms with Gasteiger partial charge in [-0.05, 0) is 19.4 Å². The van der Waals surface area contributed by atoms with Crippen LogP contribution in [0.2, 0.25) is 0 Å². The number of nitrogens with one attached hydrogen (secondary N) is 2. The zero-order valence-electron chi connectivity index (χ0n) is 10.7. The Labute approximate surface area is 107 Å². The Hall–Kier alpha value is -2.04. The van der Waals surface area contributed by atoms with E-state index in [0.29, 0.717) is 6.54 Å². The minimum absolute atomic E-state index is 0.611. The molecule has 0 aliphatic carbocycles. The van der Waals surface area contributed by atoms with Gasteiger partial charge in [-0.3, -0.25) is 4.98 Å². The largest absolute Gasteiger partial charge is 0.384 e. The van der Waals surface area contributed by atoms with Crippen molar-refractivity contribution in [2.24, 2.45) is 0 Å². The number of aromatic nitrogens is 2. The molecule has 0 unspecified atom stereocenters. The molecular weight excluding hydrogens is 228 g/mol. The highest BCUT2D eigenvalue weighted by Gasteiger charge is 2.01. The minimum atomic E-state index is 0.611. The van der Waals surface area contributed by atoms with Gasteiger partial charge in [-0.2, -0.15) is 0 Å². The lowest BCUT2D eigenvalue weighted by Gasteiger charge is -2.07. The van der Waals surface area contributed by atoms with Crippen molar-refractivity contribution in [3.63, 3.8) is 0 Å². The van der Waals surface area contributed by atoms with E-state index in [1.165, 1.54) is 0 Å². The number of anilines is 2. The molecule has 0 saturated heterocycles. The standard InChI is InChI=1S/C13H18N4O/c1-3-4-15-11-6-12(8-14-7-11)16-9-13-5-10(2)17-18-13/h5-8,15-16H,3-4,9H2,1-2H3. The molecular formula is C13H18N4O. The fraction of sp³-hybridized carbons (Fsp3) is 0.385. The summed E-state index contributed by atoms with van der Waals surface area (Å²) in [5.74, 6) is 0.819. The highest BCUT2D eigenvalue weighted by molar-refractivity contribution is 5.53. The summed E-state index contributed by atoms with van der Waals surface area (Å²) in [4.78, 5) is 4.18. The minimum Gasteiger partial charge on any atom is -0.384 e. The number of aryl methyl sites for hydroxylation is 1. The smallest absolute Gasteiger partial charge is 0.156 e. The van der Waals surface area contributed by atoms with Gasteiger partial charge in [0.25, 0.3) is 0 Å². The SMILES string of the molecule is CCCNc1cncc(NCc2cc(C)no2)c1. The second-order valence-electron chi connectivity index (χ2n) is 4.18. The van der Waals surface area contributed by atoms with Crippen molar-refractivity contribution in [2.75, 3.05) is 17.2 Å². The second kappa shape index (κ2) is 6.05. The highest BCUT2D eigenvalue weighted by Crippen LogP contribution is 2.14. The normalized spacial score (nSPS) is 10.3. The fourth-order valence-corrected chi connectivity index (χ4v) is 1.59. The number of hydrogen-bond acceptors (Lipinski definition) is 5. The molecule has 5 heteroatoms. The summed E-state index contributed by atoms with van der Waals surface area (Å²) in [6.07, 6.45) is 4.70. The van der Waals surface area contributed by atoms with E-state index in [0.717, 1.165) is 35.8 Å². The Balaban J connectivity index is 1.92. The maximum atomic E-state index is 5.13. The van der Waals surface area contributed by atoms with Crippen molar-refractivity contribution in [2.45, 2.75) is 26.8 Å². The number of hydrogen-bond donors (Lipinski definition) is 2. The van der Waals surface area contributed by atoms with E-state index in [4.69, 9.17) is 4.52 Å². The van der Waals surface area contributed by atoms with Crippen LogP contribution in [0, 0.1) is 6.92 Å². The molecule has 0 saturated carbocycles. The molecule has 0 aromatic carbocycles. The number of rotatable bonds is 6. The first kappa shape index (κ1) is 12.4. The zero-order chi connectivity index (χ0) is 12.8. The highest BCUT2D eigenvalue weighted by atomic mass is 16.5. The Morgan fingerprint density at radius 3 is 2.61 bits per heavy atom. The third-order valence-electron chi connectivity index (χ3n) is 2.46. The van der Waals surface area contributed by atoms with E-state index >= 15 is 0 Å². The average molecular weight is 246 g/mol. The van der Waals surface area contributed by atoms with Crippen molar-refractivity contribution in [1.82, 2.24) is 10.1 Å². The third kappa shape index (κ3) is 3.48. The van der Waals surface area contributed by atoms with Crippen LogP contribution in [-0.4, -0.2) is 16.7 Å². The van der Waals surface area contributed by atoms with Gasteiger partial charge in [-0.25, -0.2) is 0 Å². The van der Waals surface area contributed by atoms with E-state index in [1.807, 2.05) is 25.3 Å². The van der Waals surface area contributed by atoms with Gasteiger partial charge in [-0.15, -0.1) is 0 Å². The Kier molecular flexibility index (Phi) is 4.17. The molecule has 18 heavy (non-hydrogen) atoms. The first-order valence-corrected chi connectivity index (χ1v) is 6.13. The Morgan fingerprint density at radius 1 is 1.17 bits per heavy atom. The van der Waals surface area contributed by atoms with Crippen LogP contribution in [0.25, 0.3) is 0 Å². The van der Waals surface area contributed by atoms with Crippen LogP contribution < -0.4 is 10.6 Å². The first-order valence-electron chi connectivity index (χ1n) is 6.13. The lowest BCUT2D eigenvalue weighted by molar-refractivity contribution is 0.384. The number of pyridine rings is 1. The first-order chi connectivity index (χ1) is 8.78.